The molecule has 27 heavy (non-hydrogen) atoms. The smallest absolute Gasteiger partial charge is 0.329 e. The van der Waals surface area contributed by atoms with Gasteiger partial charge in [-0.05, 0) is 49.6 Å². The maximum atomic E-state index is 12.5. The zero-order valence-electron chi connectivity index (χ0n) is 15.1. The number of rotatable bonds is 8. The molecule has 1 atom stereocenters. The van der Waals surface area contributed by atoms with Gasteiger partial charge in [0.1, 0.15) is 12.6 Å². The Morgan fingerprint density at radius 3 is 2.44 bits per heavy atom. The predicted octanol–water partition coefficient (Wildman–Crippen LogP) is 4.90. The van der Waals surface area contributed by atoms with Gasteiger partial charge in [-0.15, -0.1) is 0 Å². The third-order valence-corrected chi connectivity index (χ3v) is 5.25. The Bertz CT molecular complexity index is 793. The summed E-state index contributed by atoms with van der Waals surface area (Å²) in [6.45, 7) is 1.86. The maximum Gasteiger partial charge on any atom is 0.329 e. The zero-order valence-corrected chi connectivity index (χ0v) is 17.5. The summed E-state index contributed by atoms with van der Waals surface area (Å²) < 4.78 is 5.38. The van der Waals surface area contributed by atoms with Crippen LogP contribution in [0, 0.1) is 6.92 Å². The van der Waals surface area contributed by atoms with Gasteiger partial charge in [0.25, 0.3) is 5.91 Å². The largest absolute Gasteiger partial charge is 0.459 e. The molecule has 0 aromatic heterocycles. The van der Waals surface area contributed by atoms with Gasteiger partial charge in [-0.25, -0.2) is 4.79 Å². The summed E-state index contributed by atoms with van der Waals surface area (Å²) in [6.07, 6.45) is 2.40. The van der Waals surface area contributed by atoms with Gasteiger partial charge in [0.15, 0.2) is 0 Å². The van der Waals surface area contributed by atoms with Crippen molar-refractivity contribution >= 4 is 46.8 Å². The molecule has 1 amide bonds. The van der Waals surface area contributed by atoms with Crippen LogP contribution in [0.3, 0.4) is 0 Å². The van der Waals surface area contributed by atoms with Crippen molar-refractivity contribution in [2.45, 2.75) is 26.0 Å². The van der Waals surface area contributed by atoms with Crippen LogP contribution in [0.4, 0.5) is 0 Å². The molecule has 7 heteroatoms. The summed E-state index contributed by atoms with van der Waals surface area (Å²) in [5.74, 6) is -0.112. The fourth-order valence-corrected chi connectivity index (χ4v) is 3.40. The lowest BCUT2D eigenvalue weighted by Gasteiger charge is -2.18. The lowest BCUT2D eigenvalue weighted by atomic mass is 10.1. The zero-order chi connectivity index (χ0) is 19.8. The molecule has 0 saturated heterocycles. The van der Waals surface area contributed by atoms with Gasteiger partial charge in [-0.1, -0.05) is 47.0 Å². The molecule has 2 aromatic rings. The predicted molar refractivity (Wildman–Crippen MR) is 112 cm³/mol. The van der Waals surface area contributed by atoms with Crippen molar-refractivity contribution in [2.24, 2.45) is 0 Å². The summed E-state index contributed by atoms with van der Waals surface area (Å²) in [4.78, 5) is 25.0. The molecule has 0 spiro atoms. The average molecular weight is 426 g/mol. The summed E-state index contributed by atoms with van der Waals surface area (Å²) in [7, 11) is 0. The normalized spacial score (nSPS) is 11.7. The molecule has 2 rings (SSSR count). The maximum absolute atomic E-state index is 12.5. The highest BCUT2D eigenvalue weighted by atomic mass is 35.5. The van der Waals surface area contributed by atoms with Crippen LogP contribution in [0.15, 0.2) is 42.5 Å². The fourth-order valence-electron chi connectivity index (χ4n) is 2.43. The third kappa shape index (κ3) is 6.45. The second-order valence-corrected chi connectivity index (χ2v) is 7.78. The summed E-state index contributed by atoms with van der Waals surface area (Å²) in [5, 5.41) is 3.63. The van der Waals surface area contributed by atoms with Crippen molar-refractivity contribution in [3.63, 3.8) is 0 Å². The van der Waals surface area contributed by atoms with Crippen LogP contribution in [0.2, 0.25) is 10.0 Å². The van der Waals surface area contributed by atoms with E-state index >= 15 is 0 Å². The summed E-state index contributed by atoms with van der Waals surface area (Å²) in [6, 6.07) is 11.5. The molecule has 1 N–H and O–H groups in total. The number of thioether (sulfide) groups is 1. The Hall–Kier alpha value is -1.69. The highest BCUT2D eigenvalue weighted by Gasteiger charge is 2.23. The first-order valence-corrected chi connectivity index (χ1v) is 10.5. The quantitative estimate of drug-likeness (QED) is 0.611. The lowest BCUT2D eigenvalue weighted by molar-refractivity contribution is -0.147. The Balaban J connectivity index is 2.05. The van der Waals surface area contributed by atoms with Gasteiger partial charge in [-0.3, -0.25) is 4.79 Å². The first-order chi connectivity index (χ1) is 12.9. The fraction of sp³-hybridized carbons (Fsp3) is 0.300. The second kappa shape index (κ2) is 10.6. The number of ether oxygens (including phenoxy) is 1. The van der Waals surface area contributed by atoms with Crippen molar-refractivity contribution in [3.8, 4) is 0 Å². The molecule has 0 bridgehead atoms. The number of hydrogen-bond acceptors (Lipinski definition) is 4. The molecule has 2 aromatic carbocycles. The van der Waals surface area contributed by atoms with Crippen molar-refractivity contribution in [2.75, 3.05) is 12.0 Å². The average Bonchev–Trinajstić information content (AvgIpc) is 2.64. The van der Waals surface area contributed by atoms with Crippen LogP contribution in [0.25, 0.3) is 0 Å². The second-order valence-electron chi connectivity index (χ2n) is 5.98. The first kappa shape index (κ1) is 21.6. The minimum absolute atomic E-state index is 0.0482. The van der Waals surface area contributed by atoms with Gasteiger partial charge in [0.2, 0.25) is 0 Å². The molecule has 0 aliphatic carbocycles. The van der Waals surface area contributed by atoms with Crippen molar-refractivity contribution in [1.82, 2.24) is 5.32 Å². The number of hydrogen-bond donors (Lipinski definition) is 1. The van der Waals surface area contributed by atoms with Gasteiger partial charge in [0, 0.05) is 21.2 Å². The van der Waals surface area contributed by atoms with Crippen LogP contribution in [0.1, 0.15) is 27.9 Å². The van der Waals surface area contributed by atoms with Crippen molar-refractivity contribution in [1.29, 1.82) is 0 Å². The van der Waals surface area contributed by atoms with E-state index in [0.717, 1.165) is 5.56 Å². The molecule has 0 radical (unpaired) electrons. The SMILES string of the molecule is CSCC[C@@H](NC(=O)c1cccc(C)c1)C(=O)OCc1c(Cl)cccc1Cl. The molecule has 0 saturated carbocycles. The molecule has 0 aliphatic heterocycles. The number of carbonyl (C=O) groups excluding carboxylic acids is 2. The van der Waals surface area contributed by atoms with E-state index in [9.17, 15) is 9.59 Å². The number of carbonyl (C=O) groups is 2. The van der Waals surface area contributed by atoms with Gasteiger partial charge >= 0.3 is 5.97 Å². The van der Waals surface area contributed by atoms with Crippen molar-refractivity contribution in [3.05, 3.63) is 69.2 Å². The van der Waals surface area contributed by atoms with Gasteiger partial charge in [-0.2, -0.15) is 11.8 Å². The molecule has 144 valence electrons. The van der Waals surface area contributed by atoms with E-state index in [1.54, 1.807) is 48.2 Å². The Kier molecular flexibility index (Phi) is 8.48. The highest BCUT2D eigenvalue weighted by Crippen LogP contribution is 2.25. The van der Waals surface area contributed by atoms with Crippen LogP contribution in [-0.4, -0.2) is 29.9 Å². The van der Waals surface area contributed by atoms with E-state index in [2.05, 4.69) is 5.32 Å². The summed E-state index contributed by atoms with van der Waals surface area (Å²) >= 11 is 13.8. The van der Waals surface area contributed by atoms with Crippen molar-refractivity contribution < 1.29 is 14.3 Å². The Labute approximate surface area is 173 Å². The monoisotopic (exact) mass is 425 g/mol. The molecule has 0 heterocycles. The molecular formula is C20H21Cl2NO3S. The minimum atomic E-state index is -0.744. The van der Waals surface area contributed by atoms with E-state index in [1.165, 1.54) is 0 Å². The first-order valence-electron chi connectivity index (χ1n) is 8.38. The van der Waals surface area contributed by atoms with Crippen LogP contribution in [-0.2, 0) is 16.1 Å². The van der Waals surface area contributed by atoms with Gasteiger partial charge in [0.05, 0.1) is 0 Å². The standard InChI is InChI=1S/C20H21Cl2NO3S/c1-13-5-3-6-14(11-13)19(24)23-18(9-10-27-2)20(25)26-12-15-16(21)7-4-8-17(15)22/h3-8,11,18H,9-10,12H2,1-2H3,(H,23,24)/t18-/m1/s1. The molecule has 0 unspecified atom stereocenters. The van der Waals surface area contributed by atoms with E-state index in [-0.39, 0.29) is 12.5 Å². The number of nitrogens with one attached hydrogen (secondary N) is 1. The minimum Gasteiger partial charge on any atom is -0.459 e. The van der Waals surface area contributed by atoms with E-state index in [4.69, 9.17) is 27.9 Å². The van der Waals surface area contributed by atoms with Crippen LogP contribution in [0.5, 0.6) is 0 Å². The molecular weight excluding hydrogens is 405 g/mol. The van der Waals surface area contributed by atoms with Gasteiger partial charge < -0.3 is 10.1 Å². The number of esters is 1. The van der Waals surface area contributed by atoms with E-state index in [1.807, 2.05) is 19.2 Å². The molecule has 4 nitrogen and oxygen atoms in total. The van der Waals surface area contributed by atoms with E-state index < -0.39 is 12.0 Å². The Morgan fingerprint density at radius 2 is 1.81 bits per heavy atom. The summed E-state index contributed by atoms with van der Waals surface area (Å²) in [5.41, 5.74) is 2.02. The number of benzene rings is 2. The highest BCUT2D eigenvalue weighted by molar-refractivity contribution is 7.98. The Morgan fingerprint density at radius 1 is 1.15 bits per heavy atom. The van der Waals surface area contributed by atoms with Crippen LogP contribution < -0.4 is 5.32 Å². The number of halogens is 2. The van der Waals surface area contributed by atoms with E-state index in [0.29, 0.717) is 33.3 Å². The number of aryl methyl sites for hydroxylation is 1. The molecule has 0 fully saturated rings. The lowest BCUT2D eigenvalue weighted by Crippen LogP contribution is -2.42. The molecule has 0 aliphatic rings. The third-order valence-electron chi connectivity index (χ3n) is 3.90. The number of amides is 1. The topological polar surface area (TPSA) is 55.4 Å². The van der Waals surface area contributed by atoms with Crippen LogP contribution >= 0.6 is 35.0 Å².